The zero-order valence-electron chi connectivity index (χ0n) is 16.9. The standard InChI is InChI=1S/C24H23ClN4O/c1-16-7-10-18(11-8-16)23-28-21-5-3-4-6-22(21)29(23)14-13-26-24(30)27-19-12-9-17(2)20(25)15-19/h3-12,15H,13-14H2,1-2H3,(H2,26,27,30). The third-order valence-corrected chi connectivity index (χ3v) is 5.42. The van der Waals surface area contributed by atoms with E-state index in [0.717, 1.165) is 28.0 Å². The molecule has 4 aromatic rings. The molecule has 0 fully saturated rings. The maximum Gasteiger partial charge on any atom is 0.319 e. The Kier molecular flexibility index (Phi) is 5.72. The van der Waals surface area contributed by atoms with Crippen LogP contribution in [0.5, 0.6) is 0 Å². The van der Waals surface area contributed by atoms with Gasteiger partial charge in [0.15, 0.2) is 0 Å². The van der Waals surface area contributed by atoms with E-state index in [1.54, 1.807) is 6.07 Å². The van der Waals surface area contributed by atoms with Gasteiger partial charge in [0.2, 0.25) is 0 Å². The zero-order valence-corrected chi connectivity index (χ0v) is 17.7. The molecule has 152 valence electrons. The number of amides is 2. The molecule has 0 bridgehead atoms. The molecule has 2 N–H and O–H groups in total. The van der Waals surface area contributed by atoms with Crippen LogP contribution in [0.25, 0.3) is 22.4 Å². The molecule has 1 heterocycles. The number of hydrogen-bond acceptors (Lipinski definition) is 2. The summed E-state index contributed by atoms with van der Waals surface area (Å²) in [7, 11) is 0. The van der Waals surface area contributed by atoms with Crippen LogP contribution < -0.4 is 10.6 Å². The number of fused-ring (bicyclic) bond motifs is 1. The minimum Gasteiger partial charge on any atom is -0.336 e. The number of urea groups is 1. The number of aromatic nitrogens is 2. The van der Waals surface area contributed by atoms with Crippen molar-refractivity contribution >= 4 is 34.4 Å². The highest BCUT2D eigenvalue weighted by atomic mass is 35.5. The van der Waals surface area contributed by atoms with Gasteiger partial charge in [0.25, 0.3) is 0 Å². The molecule has 3 aromatic carbocycles. The number of carbonyl (C=O) groups is 1. The average Bonchev–Trinajstić information content (AvgIpc) is 3.10. The third kappa shape index (κ3) is 4.31. The lowest BCUT2D eigenvalue weighted by Crippen LogP contribution is -2.31. The van der Waals surface area contributed by atoms with Crippen LogP contribution in [0.2, 0.25) is 5.02 Å². The SMILES string of the molecule is Cc1ccc(-c2nc3ccccc3n2CCNC(=O)Nc2ccc(C)c(Cl)c2)cc1. The van der Waals surface area contributed by atoms with Crippen LogP contribution in [-0.2, 0) is 6.54 Å². The molecule has 0 aliphatic heterocycles. The third-order valence-electron chi connectivity index (χ3n) is 5.01. The van der Waals surface area contributed by atoms with E-state index >= 15 is 0 Å². The Morgan fingerprint density at radius 1 is 1.03 bits per heavy atom. The Balaban J connectivity index is 1.49. The van der Waals surface area contributed by atoms with Gasteiger partial charge in [0.1, 0.15) is 5.82 Å². The Labute approximate surface area is 180 Å². The molecule has 1 aromatic heterocycles. The molecule has 6 heteroatoms. The van der Waals surface area contributed by atoms with Crippen LogP contribution in [0, 0.1) is 13.8 Å². The predicted octanol–water partition coefficient (Wildman–Crippen LogP) is 5.80. The molecule has 0 saturated heterocycles. The van der Waals surface area contributed by atoms with E-state index in [-0.39, 0.29) is 6.03 Å². The Morgan fingerprint density at radius 3 is 2.57 bits per heavy atom. The molecule has 0 atom stereocenters. The molecule has 5 nitrogen and oxygen atoms in total. The number of rotatable bonds is 5. The van der Waals surface area contributed by atoms with E-state index in [1.165, 1.54) is 5.56 Å². The van der Waals surface area contributed by atoms with E-state index in [1.807, 2.05) is 43.3 Å². The first-order valence-corrected chi connectivity index (χ1v) is 10.2. The summed E-state index contributed by atoms with van der Waals surface area (Å²) < 4.78 is 2.14. The number of aryl methyl sites for hydroxylation is 2. The van der Waals surface area contributed by atoms with E-state index in [2.05, 4.69) is 46.4 Å². The summed E-state index contributed by atoms with van der Waals surface area (Å²) in [4.78, 5) is 17.1. The van der Waals surface area contributed by atoms with Crippen molar-refractivity contribution in [1.82, 2.24) is 14.9 Å². The summed E-state index contributed by atoms with van der Waals surface area (Å²) in [6.45, 7) is 5.06. The number of benzene rings is 3. The van der Waals surface area contributed by atoms with Gasteiger partial charge in [-0.3, -0.25) is 0 Å². The number of hydrogen-bond donors (Lipinski definition) is 2. The fourth-order valence-electron chi connectivity index (χ4n) is 3.35. The second-order valence-corrected chi connectivity index (χ2v) is 7.69. The highest BCUT2D eigenvalue weighted by Gasteiger charge is 2.12. The molecule has 0 radical (unpaired) electrons. The van der Waals surface area contributed by atoms with Crippen LogP contribution in [0.4, 0.5) is 10.5 Å². The van der Waals surface area contributed by atoms with Gasteiger partial charge in [-0.25, -0.2) is 9.78 Å². The van der Waals surface area contributed by atoms with Crippen LogP contribution in [0.15, 0.2) is 66.7 Å². The molecule has 2 amide bonds. The maximum atomic E-state index is 12.3. The summed E-state index contributed by atoms with van der Waals surface area (Å²) in [6, 6.07) is 21.5. The smallest absolute Gasteiger partial charge is 0.319 e. The van der Waals surface area contributed by atoms with E-state index in [0.29, 0.717) is 23.8 Å². The lowest BCUT2D eigenvalue weighted by atomic mass is 10.1. The number of para-hydroxylation sites is 2. The second kappa shape index (κ2) is 8.59. The van der Waals surface area contributed by atoms with Crippen molar-refractivity contribution in [3.63, 3.8) is 0 Å². The largest absolute Gasteiger partial charge is 0.336 e. The highest BCUT2D eigenvalue weighted by molar-refractivity contribution is 6.31. The Morgan fingerprint density at radius 2 is 1.80 bits per heavy atom. The molecule has 4 rings (SSSR count). The van der Waals surface area contributed by atoms with E-state index in [9.17, 15) is 4.79 Å². The average molecular weight is 419 g/mol. The molecular weight excluding hydrogens is 396 g/mol. The number of carbonyl (C=O) groups excluding carboxylic acids is 1. The molecule has 0 unspecified atom stereocenters. The van der Waals surface area contributed by atoms with Crippen molar-refractivity contribution in [2.75, 3.05) is 11.9 Å². The van der Waals surface area contributed by atoms with Crippen molar-refractivity contribution in [2.24, 2.45) is 0 Å². The zero-order chi connectivity index (χ0) is 21.1. The van der Waals surface area contributed by atoms with E-state index in [4.69, 9.17) is 16.6 Å². The summed E-state index contributed by atoms with van der Waals surface area (Å²) >= 11 is 6.13. The van der Waals surface area contributed by atoms with Gasteiger partial charge in [-0.1, -0.05) is 59.6 Å². The molecule has 30 heavy (non-hydrogen) atoms. The Bertz CT molecular complexity index is 1200. The van der Waals surface area contributed by atoms with Crippen molar-refractivity contribution in [1.29, 1.82) is 0 Å². The number of imidazole rings is 1. The highest BCUT2D eigenvalue weighted by Crippen LogP contribution is 2.25. The van der Waals surface area contributed by atoms with Gasteiger partial charge in [0.05, 0.1) is 11.0 Å². The van der Waals surface area contributed by atoms with Gasteiger partial charge in [0, 0.05) is 29.4 Å². The first kappa shape index (κ1) is 20.0. The summed E-state index contributed by atoms with van der Waals surface area (Å²) in [6.07, 6.45) is 0. The minimum absolute atomic E-state index is 0.267. The van der Waals surface area contributed by atoms with Crippen molar-refractivity contribution in [3.05, 3.63) is 82.9 Å². The van der Waals surface area contributed by atoms with Gasteiger partial charge >= 0.3 is 6.03 Å². The number of halogens is 1. The Hall–Kier alpha value is -3.31. The summed E-state index contributed by atoms with van der Waals surface area (Å²) in [5.41, 5.74) is 5.87. The van der Waals surface area contributed by atoms with Crippen LogP contribution in [-0.4, -0.2) is 22.1 Å². The van der Waals surface area contributed by atoms with Gasteiger partial charge in [-0.2, -0.15) is 0 Å². The lowest BCUT2D eigenvalue weighted by Gasteiger charge is -2.12. The van der Waals surface area contributed by atoms with E-state index < -0.39 is 0 Å². The fraction of sp³-hybridized carbons (Fsp3) is 0.167. The van der Waals surface area contributed by atoms with Gasteiger partial charge < -0.3 is 15.2 Å². The van der Waals surface area contributed by atoms with Crippen molar-refractivity contribution < 1.29 is 4.79 Å². The quantitative estimate of drug-likeness (QED) is 0.430. The first-order valence-electron chi connectivity index (χ1n) is 9.84. The molecule has 0 aliphatic rings. The lowest BCUT2D eigenvalue weighted by molar-refractivity contribution is 0.251. The normalized spacial score (nSPS) is 10.9. The fourth-order valence-corrected chi connectivity index (χ4v) is 3.53. The monoisotopic (exact) mass is 418 g/mol. The van der Waals surface area contributed by atoms with Gasteiger partial charge in [-0.15, -0.1) is 0 Å². The summed E-state index contributed by atoms with van der Waals surface area (Å²) in [5, 5.41) is 6.36. The number of nitrogens with one attached hydrogen (secondary N) is 2. The molecule has 0 aliphatic carbocycles. The molecule has 0 saturated carbocycles. The topological polar surface area (TPSA) is 59.0 Å². The number of anilines is 1. The molecular formula is C24H23ClN4O. The van der Waals surface area contributed by atoms with Crippen LogP contribution in [0.1, 0.15) is 11.1 Å². The van der Waals surface area contributed by atoms with Crippen LogP contribution in [0.3, 0.4) is 0 Å². The summed E-state index contributed by atoms with van der Waals surface area (Å²) in [5.74, 6) is 0.892. The molecule has 0 spiro atoms. The first-order chi connectivity index (χ1) is 14.5. The van der Waals surface area contributed by atoms with Crippen molar-refractivity contribution in [2.45, 2.75) is 20.4 Å². The van der Waals surface area contributed by atoms with Crippen LogP contribution >= 0.6 is 11.6 Å². The maximum absolute atomic E-state index is 12.3. The minimum atomic E-state index is -0.267. The second-order valence-electron chi connectivity index (χ2n) is 7.29. The number of nitrogens with zero attached hydrogens (tertiary/aromatic N) is 2. The predicted molar refractivity (Wildman–Crippen MR) is 123 cm³/mol. The van der Waals surface area contributed by atoms with Crippen molar-refractivity contribution in [3.8, 4) is 11.4 Å². The van der Waals surface area contributed by atoms with Gasteiger partial charge in [-0.05, 0) is 43.7 Å².